The van der Waals surface area contributed by atoms with Crippen molar-refractivity contribution in [3.8, 4) is 0 Å². The first-order chi connectivity index (χ1) is 10.6. The Morgan fingerprint density at radius 3 is 2.82 bits per heavy atom. The van der Waals surface area contributed by atoms with E-state index < -0.39 is 0 Å². The number of nitrogens with one attached hydrogen (secondary N) is 1. The third-order valence-corrected chi connectivity index (χ3v) is 3.55. The summed E-state index contributed by atoms with van der Waals surface area (Å²) < 4.78 is 2.09. The number of aromatic nitrogens is 3. The van der Waals surface area contributed by atoms with Crippen LogP contribution in [0.4, 0.5) is 0 Å². The van der Waals surface area contributed by atoms with Gasteiger partial charge in [0.15, 0.2) is 0 Å². The van der Waals surface area contributed by atoms with Crippen LogP contribution in [0.3, 0.4) is 0 Å². The Morgan fingerprint density at radius 1 is 1.23 bits per heavy atom. The van der Waals surface area contributed by atoms with Crippen molar-refractivity contribution >= 4 is 16.9 Å². The van der Waals surface area contributed by atoms with Gasteiger partial charge in [-0.3, -0.25) is 9.78 Å². The molecule has 0 radical (unpaired) electrons. The van der Waals surface area contributed by atoms with E-state index in [1.54, 1.807) is 6.20 Å². The third kappa shape index (κ3) is 2.83. The topological polar surface area (TPSA) is 59.8 Å². The molecule has 1 amide bonds. The second-order valence-electron chi connectivity index (χ2n) is 5.45. The van der Waals surface area contributed by atoms with E-state index in [1.807, 2.05) is 42.7 Å². The molecule has 0 saturated carbocycles. The van der Waals surface area contributed by atoms with E-state index in [-0.39, 0.29) is 5.91 Å². The molecule has 0 aliphatic carbocycles. The first-order valence-electron chi connectivity index (χ1n) is 7.30. The lowest BCUT2D eigenvalue weighted by atomic mass is 10.2. The second-order valence-corrected chi connectivity index (χ2v) is 5.45. The molecule has 22 heavy (non-hydrogen) atoms. The number of benzene rings is 1. The third-order valence-electron chi connectivity index (χ3n) is 3.55. The Bertz CT molecular complexity index is 793. The van der Waals surface area contributed by atoms with Crippen molar-refractivity contribution in [1.82, 2.24) is 19.9 Å². The van der Waals surface area contributed by atoms with E-state index >= 15 is 0 Å². The highest BCUT2D eigenvalue weighted by Gasteiger charge is 2.10. The molecule has 5 heteroatoms. The van der Waals surface area contributed by atoms with Crippen LogP contribution in [0.1, 0.15) is 35.9 Å². The fourth-order valence-electron chi connectivity index (χ4n) is 2.36. The Kier molecular flexibility index (Phi) is 3.87. The van der Waals surface area contributed by atoms with Gasteiger partial charge in [0.2, 0.25) is 0 Å². The van der Waals surface area contributed by atoms with E-state index in [0.717, 1.165) is 16.7 Å². The normalized spacial score (nSPS) is 11.0. The molecule has 0 saturated heterocycles. The van der Waals surface area contributed by atoms with Crippen LogP contribution >= 0.6 is 0 Å². The van der Waals surface area contributed by atoms with Crippen LogP contribution in [0.2, 0.25) is 0 Å². The molecule has 3 rings (SSSR count). The number of amides is 1. The first-order valence-corrected chi connectivity index (χ1v) is 7.30. The van der Waals surface area contributed by atoms with Crippen LogP contribution in [0.25, 0.3) is 11.0 Å². The molecule has 3 aromatic rings. The van der Waals surface area contributed by atoms with E-state index in [4.69, 9.17) is 0 Å². The van der Waals surface area contributed by atoms with Crippen molar-refractivity contribution in [2.24, 2.45) is 0 Å². The average molecular weight is 294 g/mol. The Hall–Kier alpha value is -2.69. The zero-order chi connectivity index (χ0) is 15.5. The minimum atomic E-state index is -0.119. The molecule has 0 aliphatic rings. The molecule has 0 bridgehead atoms. The maximum atomic E-state index is 12.2. The van der Waals surface area contributed by atoms with Gasteiger partial charge in [0.05, 0.1) is 29.6 Å². The highest BCUT2D eigenvalue weighted by molar-refractivity contribution is 5.97. The first kappa shape index (κ1) is 14.3. The number of fused-ring (bicyclic) bond motifs is 1. The summed E-state index contributed by atoms with van der Waals surface area (Å²) in [6, 6.07) is 11.6. The fourth-order valence-corrected chi connectivity index (χ4v) is 2.36. The molecule has 112 valence electrons. The number of carbonyl (C=O) groups excluding carboxylic acids is 1. The van der Waals surface area contributed by atoms with Gasteiger partial charge in [0.25, 0.3) is 5.91 Å². The van der Waals surface area contributed by atoms with Gasteiger partial charge >= 0.3 is 0 Å². The van der Waals surface area contributed by atoms with Gasteiger partial charge in [-0.2, -0.15) is 0 Å². The quantitative estimate of drug-likeness (QED) is 0.805. The number of rotatable bonds is 4. The van der Waals surface area contributed by atoms with Gasteiger partial charge < -0.3 is 9.88 Å². The van der Waals surface area contributed by atoms with E-state index in [1.165, 1.54) is 0 Å². The second kappa shape index (κ2) is 5.97. The molecule has 2 aromatic heterocycles. The van der Waals surface area contributed by atoms with E-state index in [0.29, 0.717) is 18.2 Å². The van der Waals surface area contributed by atoms with Crippen molar-refractivity contribution in [3.05, 3.63) is 60.2 Å². The van der Waals surface area contributed by atoms with E-state index in [2.05, 4.69) is 33.7 Å². The van der Waals surface area contributed by atoms with Gasteiger partial charge in [0.1, 0.15) is 0 Å². The molecular formula is C17H18N4O. The maximum absolute atomic E-state index is 12.2. The van der Waals surface area contributed by atoms with Gasteiger partial charge in [-0.15, -0.1) is 0 Å². The predicted molar refractivity (Wildman–Crippen MR) is 85.5 cm³/mol. The van der Waals surface area contributed by atoms with Gasteiger partial charge in [-0.1, -0.05) is 6.07 Å². The predicted octanol–water partition coefficient (Wildman–Crippen LogP) is 2.94. The van der Waals surface area contributed by atoms with Crippen LogP contribution < -0.4 is 5.32 Å². The van der Waals surface area contributed by atoms with Crippen molar-refractivity contribution in [1.29, 1.82) is 0 Å². The van der Waals surface area contributed by atoms with Crippen molar-refractivity contribution in [2.75, 3.05) is 0 Å². The maximum Gasteiger partial charge on any atom is 0.251 e. The average Bonchev–Trinajstić information content (AvgIpc) is 2.97. The zero-order valence-corrected chi connectivity index (χ0v) is 12.7. The van der Waals surface area contributed by atoms with Crippen LogP contribution in [-0.4, -0.2) is 20.4 Å². The van der Waals surface area contributed by atoms with Crippen LogP contribution in [0.15, 0.2) is 48.9 Å². The molecule has 0 unspecified atom stereocenters. The summed E-state index contributed by atoms with van der Waals surface area (Å²) in [5, 5.41) is 2.87. The number of carbonyl (C=O) groups is 1. The summed E-state index contributed by atoms with van der Waals surface area (Å²) in [4.78, 5) is 20.8. The van der Waals surface area contributed by atoms with Crippen molar-refractivity contribution in [3.63, 3.8) is 0 Å². The highest BCUT2D eigenvalue weighted by atomic mass is 16.1. The van der Waals surface area contributed by atoms with Crippen molar-refractivity contribution in [2.45, 2.75) is 26.4 Å². The SMILES string of the molecule is CC(C)n1cnc2cc(C(=O)NCc3ccccn3)ccc21. The van der Waals surface area contributed by atoms with Gasteiger partial charge in [-0.05, 0) is 44.2 Å². The lowest BCUT2D eigenvalue weighted by Gasteiger charge is -2.08. The van der Waals surface area contributed by atoms with Crippen LogP contribution in [0.5, 0.6) is 0 Å². The Morgan fingerprint density at radius 2 is 2.09 bits per heavy atom. The molecule has 0 aliphatic heterocycles. The van der Waals surface area contributed by atoms with Crippen LogP contribution in [-0.2, 0) is 6.54 Å². The molecule has 5 nitrogen and oxygen atoms in total. The molecule has 0 fully saturated rings. The minimum absolute atomic E-state index is 0.119. The number of hydrogen-bond acceptors (Lipinski definition) is 3. The van der Waals surface area contributed by atoms with Gasteiger partial charge in [-0.25, -0.2) is 4.98 Å². The largest absolute Gasteiger partial charge is 0.346 e. The summed E-state index contributed by atoms with van der Waals surface area (Å²) in [5.41, 5.74) is 3.31. The molecule has 2 heterocycles. The number of hydrogen-bond donors (Lipinski definition) is 1. The van der Waals surface area contributed by atoms with E-state index in [9.17, 15) is 4.79 Å². The summed E-state index contributed by atoms with van der Waals surface area (Å²) in [7, 11) is 0. The summed E-state index contributed by atoms with van der Waals surface area (Å²) >= 11 is 0. The molecular weight excluding hydrogens is 276 g/mol. The minimum Gasteiger partial charge on any atom is -0.346 e. The number of imidazole rings is 1. The number of nitrogens with zero attached hydrogens (tertiary/aromatic N) is 3. The number of pyridine rings is 1. The standard InChI is InChI=1S/C17H18N4O/c1-12(2)21-11-20-15-9-13(6-7-16(15)21)17(22)19-10-14-5-3-4-8-18-14/h3-9,11-12H,10H2,1-2H3,(H,19,22). The molecule has 1 N–H and O–H groups in total. The molecule has 0 spiro atoms. The summed E-state index contributed by atoms with van der Waals surface area (Å²) in [6.07, 6.45) is 3.52. The lowest BCUT2D eigenvalue weighted by molar-refractivity contribution is 0.0950. The lowest BCUT2D eigenvalue weighted by Crippen LogP contribution is -2.23. The highest BCUT2D eigenvalue weighted by Crippen LogP contribution is 2.18. The molecule has 0 atom stereocenters. The summed E-state index contributed by atoms with van der Waals surface area (Å²) in [6.45, 7) is 4.63. The zero-order valence-electron chi connectivity index (χ0n) is 12.7. The van der Waals surface area contributed by atoms with Crippen molar-refractivity contribution < 1.29 is 4.79 Å². The Labute approximate surface area is 129 Å². The smallest absolute Gasteiger partial charge is 0.251 e. The van der Waals surface area contributed by atoms with Crippen LogP contribution in [0, 0.1) is 0 Å². The Balaban J connectivity index is 1.77. The summed E-state index contributed by atoms with van der Waals surface area (Å²) in [5.74, 6) is -0.119. The molecule has 1 aromatic carbocycles. The monoisotopic (exact) mass is 294 g/mol. The van der Waals surface area contributed by atoms with Gasteiger partial charge in [0, 0.05) is 17.8 Å². The fraction of sp³-hybridized carbons (Fsp3) is 0.235.